The second-order valence-electron chi connectivity index (χ2n) is 4.07. The van der Waals surface area contributed by atoms with E-state index in [9.17, 15) is 4.39 Å². The van der Waals surface area contributed by atoms with Crippen LogP contribution in [-0.4, -0.2) is 17.0 Å². The highest BCUT2D eigenvalue weighted by atomic mass is 32.2. The lowest BCUT2D eigenvalue weighted by Gasteiger charge is -2.07. The number of rotatable bonds is 5. The third-order valence-corrected chi connectivity index (χ3v) is 3.41. The number of hydrogen-bond acceptors (Lipinski definition) is 4. The van der Waals surface area contributed by atoms with Gasteiger partial charge in [0, 0.05) is 24.4 Å². The molecule has 0 unspecified atom stereocenters. The molecule has 0 saturated carbocycles. The largest absolute Gasteiger partial charge is 0.373 e. The van der Waals surface area contributed by atoms with E-state index in [-0.39, 0.29) is 5.82 Å². The summed E-state index contributed by atoms with van der Waals surface area (Å²) in [5.41, 5.74) is 0. The van der Waals surface area contributed by atoms with Gasteiger partial charge in [-0.1, -0.05) is 24.8 Å². The molecule has 0 spiro atoms. The van der Waals surface area contributed by atoms with E-state index in [0.717, 1.165) is 34.4 Å². The van der Waals surface area contributed by atoms with E-state index in [2.05, 4.69) is 22.2 Å². The Morgan fingerprint density at radius 3 is 2.79 bits per heavy atom. The fourth-order valence-electron chi connectivity index (χ4n) is 1.64. The Morgan fingerprint density at radius 1 is 1.26 bits per heavy atom. The topological polar surface area (TPSA) is 37.8 Å². The molecular formula is C14H16FN3S. The van der Waals surface area contributed by atoms with Gasteiger partial charge < -0.3 is 5.32 Å². The van der Waals surface area contributed by atoms with E-state index in [0.29, 0.717) is 0 Å². The second kappa shape index (κ2) is 6.52. The van der Waals surface area contributed by atoms with Gasteiger partial charge in [0.15, 0.2) is 0 Å². The summed E-state index contributed by atoms with van der Waals surface area (Å²) in [5, 5.41) is 3.85. The van der Waals surface area contributed by atoms with Crippen LogP contribution in [0.4, 0.5) is 10.2 Å². The molecule has 2 rings (SSSR count). The Bertz CT molecular complexity index is 560. The van der Waals surface area contributed by atoms with Gasteiger partial charge in [0.1, 0.15) is 22.5 Å². The number of anilines is 1. The van der Waals surface area contributed by atoms with Crippen LogP contribution in [0.5, 0.6) is 0 Å². The van der Waals surface area contributed by atoms with Crippen LogP contribution < -0.4 is 5.32 Å². The fraction of sp³-hybridized carbons (Fsp3) is 0.286. The van der Waals surface area contributed by atoms with Crippen molar-refractivity contribution in [3.8, 4) is 0 Å². The molecule has 19 heavy (non-hydrogen) atoms. The minimum Gasteiger partial charge on any atom is -0.373 e. The molecule has 0 radical (unpaired) electrons. The zero-order valence-corrected chi connectivity index (χ0v) is 11.8. The summed E-state index contributed by atoms with van der Waals surface area (Å²) < 4.78 is 13.2. The lowest BCUT2D eigenvalue weighted by molar-refractivity contribution is 0.624. The first-order valence-corrected chi connectivity index (χ1v) is 7.02. The van der Waals surface area contributed by atoms with Gasteiger partial charge in [-0.2, -0.15) is 0 Å². The average molecular weight is 277 g/mol. The average Bonchev–Trinajstić information content (AvgIpc) is 2.39. The first kappa shape index (κ1) is 13.8. The summed E-state index contributed by atoms with van der Waals surface area (Å²) >= 11 is 1.44. The Hall–Kier alpha value is -1.62. The lowest BCUT2D eigenvalue weighted by atomic mass is 10.3. The van der Waals surface area contributed by atoms with Crippen molar-refractivity contribution in [2.45, 2.75) is 29.7 Å². The normalized spacial score (nSPS) is 10.5. The van der Waals surface area contributed by atoms with E-state index in [1.165, 1.54) is 23.9 Å². The first-order chi connectivity index (χ1) is 9.21. The molecule has 0 fully saturated rings. The number of aryl methyl sites for hydroxylation is 1. The van der Waals surface area contributed by atoms with Gasteiger partial charge in [0.2, 0.25) is 0 Å². The molecule has 1 heterocycles. The molecule has 1 aromatic carbocycles. The monoisotopic (exact) mass is 277 g/mol. The van der Waals surface area contributed by atoms with Crippen LogP contribution in [-0.2, 0) is 6.42 Å². The Kier molecular flexibility index (Phi) is 4.74. The molecule has 0 aliphatic rings. The highest BCUT2D eigenvalue weighted by molar-refractivity contribution is 7.99. The van der Waals surface area contributed by atoms with Gasteiger partial charge in [0.05, 0.1) is 0 Å². The highest BCUT2D eigenvalue weighted by Gasteiger charge is 2.06. The number of nitrogens with one attached hydrogen (secondary N) is 1. The molecule has 0 amide bonds. The molecular weight excluding hydrogens is 261 g/mol. The summed E-state index contributed by atoms with van der Waals surface area (Å²) in [4.78, 5) is 9.71. The number of nitrogens with zero attached hydrogens (tertiary/aromatic N) is 2. The van der Waals surface area contributed by atoms with Crippen molar-refractivity contribution in [3.05, 3.63) is 42.0 Å². The number of aromatic nitrogens is 2. The zero-order chi connectivity index (χ0) is 13.7. The van der Waals surface area contributed by atoms with E-state index >= 15 is 0 Å². The minimum absolute atomic E-state index is 0.235. The van der Waals surface area contributed by atoms with Crippen molar-refractivity contribution in [1.82, 2.24) is 9.97 Å². The van der Waals surface area contributed by atoms with Crippen molar-refractivity contribution in [2.24, 2.45) is 0 Å². The van der Waals surface area contributed by atoms with Crippen molar-refractivity contribution < 1.29 is 4.39 Å². The predicted molar refractivity (Wildman–Crippen MR) is 76.1 cm³/mol. The molecule has 100 valence electrons. The number of benzene rings is 1. The maximum Gasteiger partial charge on any atom is 0.132 e. The highest BCUT2D eigenvalue weighted by Crippen LogP contribution is 2.27. The van der Waals surface area contributed by atoms with Crippen LogP contribution in [0.2, 0.25) is 0 Å². The van der Waals surface area contributed by atoms with E-state index in [1.54, 1.807) is 6.07 Å². The maximum atomic E-state index is 13.2. The summed E-state index contributed by atoms with van der Waals surface area (Å²) in [6, 6.07) is 8.38. The van der Waals surface area contributed by atoms with Crippen LogP contribution in [0.25, 0.3) is 0 Å². The van der Waals surface area contributed by atoms with Gasteiger partial charge in [-0.15, -0.1) is 0 Å². The Morgan fingerprint density at radius 2 is 2.11 bits per heavy atom. The zero-order valence-electron chi connectivity index (χ0n) is 11.0. The first-order valence-electron chi connectivity index (χ1n) is 6.20. The fourth-order valence-corrected chi connectivity index (χ4v) is 2.52. The second-order valence-corrected chi connectivity index (χ2v) is 5.16. The van der Waals surface area contributed by atoms with Gasteiger partial charge in [0.25, 0.3) is 0 Å². The quantitative estimate of drug-likeness (QED) is 0.844. The lowest BCUT2D eigenvalue weighted by Crippen LogP contribution is -2.01. The summed E-state index contributed by atoms with van der Waals surface area (Å²) in [5.74, 6) is 1.37. The number of hydrogen-bond donors (Lipinski definition) is 1. The molecule has 0 aliphatic heterocycles. The summed E-state index contributed by atoms with van der Waals surface area (Å²) in [6.45, 7) is 2.09. The molecule has 3 nitrogen and oxygen atoms in total. The predicted octanol–water partition coefficient (Wildman–Crippen LogP) is 3.76. The Balaban J connectivity index is 2.26. The van der Waals surface area contributed by atoms with Crippen molar-refractivity contribution >= 4 is 17.6 Å². The van der Waals surface area contributed by atoms with Gasteiger partial charge in [-0.25, -0.2) is 14.4 Å². The minimum atomic E-state index is -0.235. The Labute approximate surface area is 116 Å². The molecule has 1 N–H and O–H groups in total. The van der Waals surface area contributed by atoms with Gasteiger partial charge in [-0.3, -0.25) is 0 Å². The van der Waals surface area contributed by atoms with Crippen LogP contribution in [0.15, 0.2) is 40.3 Å². The molecule has 5 heteroatoms. The molecule has 2 aromatic rings. The van der Waals surface area contributed by atoms with Crippen LogP contribution >= 0.6 is 11.8 Å². The van der Waals surface area contributed by atoms with Crippen LogP contribution in [0.3, 0.4) is 0 Å². The molecule has 0 saturated heterocycles. The SMILES string of the molecule is CCCc1nc(NC)cc(Sc2cccc(F)c2)n1. The van der Waals surface area contributed by atoms with E-state index < -0.39 is 0 Å². The maximum absolute atomic E-state index is 13.2. The van der Waals surface area contributed by atoms with Gasteiger partial charge >= 0.3 is 0 Å². The number of halogens is 1. The third kappa shape index (κ3) is 3.92. The molecule has 0 bridgehead atoms. The molecule has 0 aliphatic carbocycles. The van der Waals surface area contributed by atoms with E-state index in [4.69, 9.17) is 0 Å². The van der Waals surface area contributed by atoms with E-state index in [1.807, 2.05) is 19.2 Å². The summed E-state index contributed by atoms with van der Waals surface area (Å²) in [6.07, 6.45) is 1.84. The standard InChI is InChI=1S/C14H16FN3S/c1-3-5-12-17-13(16-2)9-14(18-12)19-11-7-4-6-10(15)8-11/h4,6-9H,3,5H2,1-2H3,(H,16,17,18). The molecule has 1 aromatic heterocycles. The summed E-state index contributed by atoms with van der Waals surface area (Å²) in [7, 11) is 1.83. The molecule has 0 atom stereocenters. The van der Waals surface area contributed by atoms with Crippen molar-refractivity contribution in [3.63, 3.8) is 0 Å². The van der Waals surface area contributed by atoms with Crippen LogP contribution in [0, 0.1) is 5.82 Å². The van der Waals surface area contributed by atoms with Crippen molar-refractivity contribution in [1.29, 1.82) is 0 Å². The van der Waals surface area contributed by atoms with Crippen molar-refractivity contribution in [2.75, 3.05) is 12.4 Å². The third-order valence-electron chi connectivity index (χ3n) is 2.50. The van der Waals surface area contributed by atoms with Crippen LogP contribution in [0.1, 0.15) is 19.2 Å². The smallest absolute Gasteiger partial charge is 0.132 e. The van der Waals surface area contributed by atoms with Gasteiger partial charge in [-0.05, 0) is 24.6 Å².